The zero-order valence-electron chi connectivity index (χ0n) is 16.7. The average Bonchev–Trinajstić information content (AvgIpc) is 3.19. The van der Waals surface area contributed by atoms with E-state index in [0.29, 0.717) is 62.5 Å². The first-order valence-electron chi connectivity index (χ1n) is 9.65. The van der Waals surface area contributed by atoms with Crippen LogP contribution in [0.3, 0.4) is 0 Å². The average molecular weight is 514 g/mol. The molecule has 0 saturated carbocycles. The Labute approximate surface area is 204 Å². The largest absolute Gasteiger partial charge is 0.492 e. The monoisotopic (exact) mass is 512 g/mol. The smallest absolute Gasteiger partial charge is 0.252 e. The summed E-state index contributed by atoms with van der Waals surface area (Å²) in [5.74, 6) is 0.0770. The summed E-state index contributed by atoms with van der Waals surface area (Å²) in [6.07, 6.45) is 1.25. The zero-order chi connectivity index (χ0) is 22.9. The highest BCUT2D eigenvalue weighted by atomic mass is 35.5. The number of hydrogen-bond donors (Lipinski definition) is 2. The van der Waals surface area contributed by atoms with Gasteiger partial charge >= 0.3 is 0 Å². The second kappa shape index (κ2) is 12.0. The van der Waals surface area contributed by atoms with Crippen molar-refractivity contribution in [2.45, 2.75) is 19.3 Å². The topological polar surface area (TPSA) is 93.2 Å². The van der Waals surface area contributed by atoms with Gasteiger partial charge in [0.25, 0.3) is 5.91 Å². The molecule has 0 radical (unpaired) electrons. The number of nitrogens with one attached hydrogen (secondary N) is 2. The van der Waals surface area contributed by atoms with E-state index in [0.717, 1.165) is 0 Å². The maximum absolute atomic E-state index is 12.1. The quantitative estimate of drug-likeness (QED) is 0.360. The third kappa shape index (κ3) is 7.34. The van der Waals surface area contributed by atoms with Crippen LogP contribution < -0.4 is 15.4 Å². The van der Waals surface area contributed by atoms with Gasteiger partial charge in [0.15, 0.2) is 0 Å². The molecular formula is C21H19Cl3N4O3S. The zero-order valence-corrected chi connectivity index (χ0v) is 19.8. The highest BCUT2D eigenvalue weighted by Gasteiger charge is 2.11. The summed E-state index contributed by atoms with van der Waals surface area (Å²) in [5.41, 5.74) is 0.418. The van der Waals surface area contributed by atoms with Crippen LogP contribution in [0.2, 0.25) is 15.1 Å². The summed E-state index contributed by atoms with van der Waals surface area (Å²) < 4.78 is 5.56. The van der Waals surface area contributed by atoms with E-state index in [2.05, 4.69) is 20.8 Å². The Hall–Kier alpha value is -2.39. The molecule has 0 atom stereocenters. The number of hydrogen-bond acceptors (Lipinski definition) is 6. The number of amides is 2. The van der Waals surface area contributed by atoms with Crippen LogP contribution in [0.1, 0.15) is 28.2 Å². The number of nitrogens with zero attached hydrogens (tertiary/aromatic N) is 2. The van der Waals surface area contributed by atoms with Crippen molar-refractivity contribution in [2.75, 3.05) is 18.5 Å². The summed E-state index contributed by atoms with van der Waals surface area (Å²) in [5, 5.41) is 16.0. The Balaban J connectivity index is 1.35. The third-order valence-electron chi connectivity index (χ3n) is 4.16. The van der Waals surface area contributed by atoms with Gasteiger partial charge in [0.1, 0.15) is 10.8 Å². The van der Waals surface area contributed by atoms with E-state index >= 15 is 0 Å². The molecule has 0 aliphatic rings. The van der Waals surface area contributed by atoms with Gasteiger partial charge in [-0.05, 0) is 36.8 Å². The number of anilines is 1. The van der Waals surface area contributed by atoms with E-state index in [1.54, 1.807) is 42.5 Å². The van der Waals surface area contributed by atoms with Crippen molar-refractivity contribution in [1.82, 2.24) is 15.5 Å². The number of carbonyl (C=O) groups is 2. The lowest BCUT2D eigenvalue weighted by molar-refractivity contribution is -0.116. The molecule has 168 valence electrons. The first-order chi connectivity index (χ1) is 15.4. The molecule has 3 rings (SSSR count). The lowest BCUT2D eigenvalue weighted by atomic mass is 10.2. The molecule has 1 aromatic heterocycles. The Bertz CT molecular complexity index is 1090. The van der Waals surface area contributed by atoms with Crippen LogP contribution in [-0.2, 0) is 11.2 Å². The van der Waals surface area contributed by atoms with Gasteiger partial charge in [-0.1, -0.05) is 58.3 Å². The minimum atomic E-state index is -0.254. The number of rotatable bonds is 10. The number of ether oxygens (including phenoxy) is 1. The van der Waals surface area contributed by atoms with Gasteiger partial charge in [-0.15, -0.1) is 10.2 Å². The van der Waals surface area contributed by atoms with Crippen molar-refractivity contribution < 1.29 is 14.3 Å². The number of carbonyl (C=O) groups excluding carboxylic acids is 2. The van der Waals surface area contributed by atoms with Gasteiger partial charge in [-0.25, -0.2) is 0 Å². The highest BCUT2D eigenvalue weighted by molar-refractivity contribution is 7.15. The molecule has 0 bridgehead atoms. The van der Waals surface area contributed by atoms with E-state index in [1.165, 1.54) is 11.3 Å². The van der Waals surface area contributed by atoms with Crippen molar-refractivity contribution >= 4 is 63.1 Å². The number of halogens is 3. The molecule has 0 aliphatic heterocycles. The van der Waals surface area contributed by atoms with E-state index in [4.69, 9.17) is 39.5 Å². The Morgan fingerprint density at radius 2 is 1.84 bits per heavy atom. The van der Waals surface area contributed by atoms with Crippen molar-refractivity contribution in [3.05, 3.63) is 68.1 Å². The molecule has 0 fully saturated rings. The predicted octanol–water partition coefficient (Wildman–Crippen LogP) is 5.27. The summed E-state index contributed by atoms with van der Waals surface area (Å²) in [6.45, 7) is 0.707. The molecule has 7 nitrogen and oxygen atoms in total. The van der Waals surface area contributed by atoms with Crippen LogP contribution in [-0.4, -0.2) is 35.2 Å². The van der Waals surface area contributed by atoms with Crippen LogP contribution >= 0.6 is 46.1 Å². The van der Waals surface area contributed by atoms with E-state index in [-0.39, 0.29) is 18.2 Å². The molecule has 2 N–H and O–H groups in total. The molecule has 2 amide bonds. The van der Waals surface area contributed by atoms with Gasteiger partial charge < -0.3 is 15.4 Å². The molecule has 0 aliphatic carbocycles. The fraction of sp³-hybridized carbons (Fsp3) is 0.238. The standard InChI is InChI=1S/C21H19Cl3N4O3S/c22-13-7-8-17(16(24)12-13)31-11-3-6-18(29)26-21-28-27-19(32-21)9-10-25-20(30)14-4-1-2-5-15(14)23/h1-2,4-5,7-8,12H,3,6,9-11H2,(H,25,30)(H,26,28,29). The van der Waals surface area contributed by atoms with Crippen LogP contribution in [0.25, 0.3) is 0 Å². The molecular weight excluding hydrogens is 495 g/mol. The van der Waals surface area contributed by atoms with Crippen LogP contribution in [0, 0.1) is 0 Å². The molecule has 11 heteroatoms. The number of aromatic nitrogens is 2. The van der Waals surface area contributed by atoms with E-state index in [1.807, 2.05) is 0 Å². The van der Waals surface area contributed by atoms with Gasteiger partial charge in [0.05, 0.1) is 22.2 Å². The van der Waals surface area contributed by atoms with Gasteiger partial charge in [-0.2, -0.15) is 0 Å². The van der Waals surface area contributed by atoms with E-state index < -0.39 is 0 Å². The second-order valence-corrected chi connectivity index (χ2v) is 8.87. The van der Waals surface area contributed by atoms with E-state index in [9.17, 15) is 9.59 Å². The van der Waals surface area contributed by atoms with Crippen molar-refractivity contribution in [3.8, 4) is 5.75 Å². The van der Waals surface area contributed by atoms with Crippen LogP contribution in [0.5, 0.6) is 5.75 Å². The SMILES string of the molecule is O=C(CCCOc1ccc(Cl)cc1Cl)Nc1nnc(CCNC(=O)c2ccccc2Cl)s1. The van der Waals surface area contributed by atoms with Crippen LogP contribution in [0.4, 0.5) is 5.13 Å². The lowest BCUT2D eigenvalue weighted by Gasteiger charge is -2.08. The molecule has 3 aromatic rings. The Kier molecular flexibility index (Phi) is 9.11. The summed E-state index contributed by atoms with van der Waals surface area (Å²) in [7, 11) is 0. The first kappa shape index (κ1) is 24.3. The Morgan fingerprint density at radius 1 is 1.03 bits per heavy atom. The fourth-order valence-electron chi connectivity index (χ4n) is 2.62. The van der Waals surface area contributed by atoms with Crippen molar-refractivity contribution in [3.63, 3.8) is 0 Å². The minimum Gasteiger partial charge on any atom is -0.492 e. The number of benzene rings is 2. The molecule has 1 heterocycles. The predicted molar refractivity (Wildman–Crippen MR) is 127 cm³/mol. The summed E-state index contributed by atoms with van der Waals surface area (Å²) >= 11 is 19.2. The minimum absolute atomic E-state index is 0.189. The molecule has 32 heavy (non-hydrogen) atoms. The van der Waals surface area contributed by atoms with Gasteiger partial charge in [-0.3, -0.25) is 9.59 Å². The first-order valence-corrected chi connectivity index (χ1v) is 11.6. The Morgan fingerprint density at radius 3 is 2.62 bits per heavy atom. The summed E-state index contributed by atoms with van der Waals surface area (Å²) in [6, 6.07) is 11.8. The van der Waals surface area contributed by atoms with Crippen molar-refractivity contribution in [1.29, 1.82) is 0 Å². The fourth-order valence-corrected chi connectivity index (χ4v) is 4.06. The van der Waals surface area contributed by atoms with Crippen molar-refractivity contribution in [2.24, 2.45) is 0 Å². The second-order valence-electron chi connectivity index (χ2n) is 6.56. The third-order valence-corrected chi connectivity index (χ3v) is 5.91. The lowest BCUT2D eigenvalue weighted by Crippen LogP contribution is -2.25. The van der Waals surface area contributed by atoms with Crippen LogP contribution in [0.15, 0.2) is 42.5 Å². The molecule has 0 saturated heterocycles. The molecule has 2 aromatic carbocycles. The maximum atomic E-state index is 12.1. The van der Waals surface area contributed by atoms with Gasteiger partial charge in [0, 0.05) is 24.4 Å². The van der Waals surface area contributed by atoms with Gasteiger partial charge in [0.2, 0.25) is 11.0 Å². The molecule has 0 unspecified atom stereocenters. The normalized spacial score (nSPS) is 10.6. The highest BCUT2D eigenvalue weighted by Crippen LogP contribution is 2.27. The summed E-state index contributed by atoms with van der Waals surface area (Å²) in [4.78, 5) is 24.2. The maximum Gasteiger partial charge on any atom is 0.252 e. The molecule has 0 spiro atoms.